The Kier molecular flexibility index (Phi) is 4.59. The zero-order chi connectivity index (χ0) is 13.0. The van der Waals surface area contributed by atoms with Crippen molar-refractivity contribution in [2.75, 3.05) is 0 Å². The molecule has 0 spiro atoms. The molecule has 18 heavy (non-hydrogen) atoms. The van der Waals surface area contributed by atoms with E-state index in [1.807, 2.05) is 0 Å². The molecule has 0 aliphatic heterocycles. The maximum atomic E-state index is 12.0. The lowest BCUT2D eigenvalue weighted by atomic mass is 9.85. The predicted molar refractivity (Wildman–Crippen MR) is 70.7 cm³/mol. The highest BCUT2D eigenvalue weighted by Crippen LogP contribution is 2.29. The minimum Gasteiger partial charge on any atom is -0.458 e. The third-order valence-corrected chi connectivity index (χ3v) is 3.79. The van der Waals surface area contributed by atoms with Crippen molar-refractivity contribution in [3.05, 3.63) is 29.0 Å². The van der Waals surface area contributed by atoms with Crippen LogP contribution in [-0.4, -0.2) is 17.1 Å². The van der Waals surface area contributed by atoms with Gasteiger partial charge in [-0.3, -0.25) is 0 Å². The highest BCUT2D eigenvalue weighted by Gasteiger charge is 2.27. The molecule has 3 nitrogen and oxygen atoms in total. The molecule has 0 amide bonds. The molecule has 0 N–H and O–H groups in total. The fourth-order valence-corrected chi connectivity index (χ4v) is 2.70. The topological polar surface area (TPSA) is 39.2 Å². The van der Waals surface area contributed by atoms with Crippen LogP contribution >= 0.6 is 11.6 Å². The maximum Gasteiger partial charge on any atom is 0.338 e. The first-order chi connectivity index (χ1) is 8.70. The first-order valence-electron chi connectivity index (χ1n) is 6.53. The molecule has 2 rings (SSSR count). The number of carbonyl (C=O) groups excluding carboxylic acids is 1. The number of halogens is 1. The molecule has 1 aromatic heterocycles. The van der Waals surface area contributed by atoms with Crippen molar-refractivity contribution in [2.45, 2.75) is 45.1 Å². The van der Waals surface area contributed by atoms with Crippen LogP contribution in [-0.2, 0) is 4.74 Å². The van der Waals surface area contributed by atoms with Gasteiger partial charge in [-0.05, 0) is 43.7 Å². The number of nitrogens with zero attached hydrogens (tertiary/aromatic N) is 1. The van der Waals surface area contributed by atoms with Crippen molar-refractivity contribution in [2.24, 2.45) is 5.92 Å². The number of hydrogen-bond donors (Lipinski definition) is 0. The van der Waals surface area contributed by atoms with Crippen LogP contribution in [0.3, 0.4) is 0 Å². The minimum atomic E-state index is -0.287. The first kappa shape index (κ1) is 13.3. The van der Waals surface area contributed by atoms with E-state index in [1.54, 1.807) is 12.1 Å². The third kappa shape index (κ3) is 3.22. The molecule has 98 valence electrons. The molecule has 0 radical (unpaired) electrons. The fraction of sp³-hybridized carbons (Fsp3) is 0.571. The highest BCUT2D eigenvalue weighted by molar-refractivity contribution is 6.29. The lowest BCUT2D eigenvalue weighted by molar-refractivity contribution is 0.000698. The van der Waals surface area contributed by atoms with Gasteiger partial charge in [-0.1, -0.05) is 24.9 Å². The van der Waals surface area contributed by atoms with E-state index in [0.717, 1.165) is 25.7 Å². The summed E-state index contributed by atoms with van der Waals surface area (Å²) in [7, 11) is 0. The Hall–Kier alpha value is -1.09. The molecule has 1 aliphatic carbocycles. The lowest BCUT2D eigenvalue weighted by Gasteiger charge is -2.30. The summed E-state index contributed by atoms with van der Waals surface area (Å²) in [6, 6.07) is 3.19. The number of hydrogen-bond acceptors (Lipinski definition) is 3. The van der Waals surface area contributed by atoms with Crippen molar-refractivity contribution in [1.29, 1.82) is 0 Å². The summed E-state index contributed by atoms with van der Waals surface area (Å²) in [4.78, 5) is 15.9. The SMILES string of the molecule is CCC1CCCCC1OC(=O)c1ccnc(Cl)c1. The van der Waals surface area contributed by atoms with E-state index < -0.39 is 0 Å². The summed E-state index contributed by atoms with van der Waals surface area (Å²) in [6.45, 7) is 2.15. The average molecular weight is 268 g/mol. The van der Waals surface area contributed by atoms with E-state index in [2.05, 4.69) is 11.9 Å². The van der Waals surface area contributed by atoms with Gasteiger partial charge in [0.25, 0.3) is 0 Å². The summed E-state index contributed by atoms with van der Waals surface area (Å²) < 4.78 is 5.61. The van der Waals surface area contributed by atoms with Crippen molar-refractivity contribution >= 4 is 17.6 Å². The van der Waals surface area contributed by atoms with Crippen LogP contribution in [0.2, 0.25) is 5.15 Å². The van der Waals surface area contributed by atoms with E-state index in [4.69, 9.17) is 16.3 Å². The Morgan fingerprint density at radius 3 is 3.00 bits per heavy atom. The maximum absolute atomic E-state index is 12.0. The second-order valence-electron chi connectivity index (χ2n) is 4.76. The third-order valence-electron chi connectivity index (χ3n) is 3.58. The van der Waals surface area contributed by atoms with E-state index in [-0.39, 0.29) is 12.1 Å². The first-order valence-corrected chi connectivity index (χ1v) is 6.91. The molecular weight excluding hydrogens is 250 g/mol. The number of rotatable bonds is 3. The summed E-state index contributed by atoms with van der Waals surface area (Å²) >= 11 is 5.77. The molecule has 0 bridgehead atoms. The Labute approximate surface area is 113 Å². The normalized spacial score (nSPS) is 23.7. The van der Waals surface area contributed by atoms with E-state index in [1.165, 1.54) is 12.6 Å². The van der Waals surface area contributed by atoms with Gasteiger partial charge in [-0.15, -0.1) is 0 Å². The van der Waals surface area contributed by atoms with E-state index in [0.29, 0.717) is 16.6 Å². The van der Waals surface area contributed by atoms with Gasteiger partial charge in [0.05, 0.1) is 5.56 Å². The van der Waals surface area contributed by atoms with Gasteiger partial charge >= 0.3 is 5.97 Å². The summed E-state index contributed by atoms with van der Waals surface area (Å²) in [6.07, 6.45) is 7.17. The van der Waals surface area contributed by atoms with Crippen LogP contribution in [0.15, 0.2) is 18.3 Å². The van der Waals surface area contributed by atoms with Crippen LogP contribution in [0, 0.1) is 5.92 Å². The molecule has 4 heteroatoms. The number of pyridine rings is 1. The molecule has 2 unspecified atom stereocenters. The van der Waals surface area contributed by atoms with Gasteiger partial charge in [-0.2, -0.15) is 0 Å². The van der Waals surface area contributed by atoms with Gasteiger partial charge in [0, 0.05) is 6.20 Å². The monoisotopic (exact) mass is 267 g/mol. The van der Waals surface area contributed by atoms with E-state index >= 15 is 0 Å². The van der Waals surface area contributed by atoms with Gasteiger partial charge in [0.2, 0.25) is 0 Å². The quantitative estimate of drug-likeness (QED) is 0.617. The second kappa shape index (κ2) is 6.19. The summed E-state index contributed by atoms with van der Waals surface area (Å²) in [5, 5.41) is 0.320. The second-order valence-corrected chi connectivity index (χ2v) is 5.15. The van der Waals surface area contributed by atoms with Crippen LogP contribution < -0.4 is 0 Å². The standard InChI is InChI=1S/C14H18ClNO2/c1-2-10-5-3-4-6-12(10)18-14(17)11-7-8-16-13(15)9-11/h7-10,12H,2-6H2,1H3. The van der Waals surface area contributed by atoms with Crippen LogP contribution in [0.5, 0.6) is 0 Å². The van der Waals surface area contributed by atoms with Crippen molar-refractivity contribution in [3.63, 3.8) is 0 Å². The summed E-state index contributed by atoms with van der Waals surface area (Å²) in [5.74, 6) is 0.213. The fourth-order valence-electron chi connectivity index (χ4n) is 2.53. The van der Waals surface area contributed by atoms with Crippen LogP contribution in [0.1, 0.15) is 49.4 Å². The molecule has 1 heterocycles. The van der Waals surface area contributed by atoms with Crippen molar-refractivity contribution in [3.8, 4) is 0 Å². The Bertz CT molecular complexity index is 422. The molecule has 1 saturated carbocycles. The lowest BCUT2D eigenvalue weighted by Crippen LogP contribution is -2.29. The molecular formula is C14H18ClNO2. The number of carbonyl (C=O) groups is 1. The molecule has 1 fully saturated rings. The smallest absolute Gasteiger partial charge is 0.338 e. The molecule has 1 aromatic rings. The Balaban J connectivity index is 2.02. The van der Waals surface area contributed by atoms with Crippen LogP contribution in [0.4, 0.5) is 0 Å². The van der Waals surface area contributed by atoms with Gasteiger partial charge in [0.1, 0.15) is 11.3 Å². The van der Waals surface area contributed by atoms with Gasteiger partial charge < -0.3 is 4.74 Å². The summed E-state index contributed by atoms with van der Waals surface area (Å²) in [5.41, 5.74) is 0.482. The van der Waals surface area contributed by atoms with Gasteiger partial charge in [-0.25, -0.2) is 9.78 Å². The molecule has 2 atom stereocenters. The van der Waals surface area contributed by atoms with Crippen LogP contribution in [0.25, 0.3) is 0 Å². The molecule has 0 saturated heterocycles. The predicted octanol–water partition coefficient (Wildman–Crippen LogP) is 3.86. The Morgan fingerprint density at radius 1 is 1.50 bits per heavy atom. The van der Waals surface area contributed by atoms with E-state index in [9.17, 15) is 4.79 Å². The number of esters is 1. The highest BCUT2D eigenvalue weighted by atomic mass is 35.5. The molecule has 1 aliphatic rings. The van der Waals surface area contributed by atoms with Crippen molar-refractivity contribution in [1.82, 2.24) is 4.98 Å². The van der Waals surface area contributed by atoms with Crippen molar-refractivity contribution < 1.29 is 9.53 Å². The zero-order valence-corrected chi connectivity index (χ0v) is 11.3. The number of ether oxygens (including phenoxy) is 1. The Morgan fingerprint density at radius 2 is 2.28 bits per heavy atom. The average Bonchev–Trinajstić information content (AvgIpc) is 2.39. The minimum absolute atomic E-state index is 0.0585. The number of aromatic nitrogens is 1. The molecule has 0 aromatic carbocycles. The zero-order valence-electron chi connectivity index (χ0n) is 10.6. The van der Waals surface area contributed by atoms with Gasteiger partial charge in [0.15, 0.2) is 0 Å². The largest absolute Gasteiger partial charge is 0.458 e.